The Morgan fingerprint density at radius 3 is 2.63 bits per heavy atom. The molecule has 1 aromatic carbocycles. The number of carbonyl (C=O) groups excluding carboxylic acids is 2. The first kappa shape index (κ1) is 19.2. The fourth-order valence-corrected chi connectivity index (χ4v) is 4.78. The molecule has 2 fully saturated rings. The van der Waals surface area contributed by atoms with Gasteiger partial charge in [-0.15, -0.1) is 0 Å². The molecular formula is C24H28N2O4. The van der Waals surface area contributed by atoms with Crippen molar-refractivity contribution in [3.63, 3.8) is 0 Å². The van der Waals surface area contributed by atoms with Gasteiger partial charge in [0, 0.05) is 44.8 Å². The van der Waals surface area contributed by atoms with Crippen LogP contribution in [-0.2, 0) is 4.79 Å². The van der Waals surface area contributed by atoms with Crippen LogP contribution >= 0.6 is 0 Å². The summed E-state index contributed by atoms with van der Waals surface area (Å²) in [7, 11) is 0. The molecule has 5 rings (SSSR count). The lowest BCUT2D eigenvalue weighted by atomic mass is 9.76. The second-order valence-electron chi connectivity index (χ2n) is 8.95. The van der Waals surface area contributed by atoms with Crippen LogP contribution in [0.15, 0.2) is 47.1 Å². The highest BCUT2D eigenvalue weighted by atomic mass is 16.5. The maximum absolute atomic E-state index is 12.6. The molecule has 1 unspecified atom stereocenters. The van der Waals surface area contributed by atoms with E-state index in [0.717, 1.165) is 37.1 Å². The Balaban J connectivity index is 1.28. The van der Waals surface area contributed by atoms with Gasteiger partial charge in [-0.3, -0.25) is 9.59 Å². The monoisotopic (exact) mass is 408 g/mol. The number of piperidine rings is 1. The summed E-state index contributed by atoms with van der Waals surface area (Å²) in [6, 6.07) is 11.5. The van der Waals surface area contributed by atoms with Crippen LogP contribution in [0.4, 0.5) is 0 Å². The molecule has 3 aliphatic rings. The number of benzene rings is 1. The molecular weight excluding hydrogens is 380 g/mol. The van der Waals surface area contributed by atoms with Crippen molar-refractivity contribution in [1.82, 2.24) is 10.2 Å². The van der Waals surface area contributed by atoms with Crippen LogP contribution in [0.1, 0.15) is 60.6 Å². The topological polar surface area (TPSA) is 71.8 Å². The number of likely N-dealkylation sites (tertiary alicyclic amines) is 1. The van der Waals surface area contributed by atoms with E-state index in [1.807, 2.05) is 23.1 Å². The summed E-state index contributed by atoms with van der Waals surface area (Å²) < 4.78 is 11.8. The fraction of sp³-hybridized carbons (Fsp3) is 0.500. The third kappa shape index (κ3) is 3.95. The van der Waals surface area contributed by atoms with Crippen molar-refractivity contribution in [1.29, 1.82) is 0 Å². The summed E-state index contributed by atoms with van der Waals surface area (Å²) in [5.74, 6) is 2.15. The normalized spacial score (nSPS) is 22.3. The predicted molar refractivity (Wildman–Crippen MR) is 111 cm³/mol. The molecule has 1 atom stereocenters. The standard InChI is InChI=1S/C24H28N2O4/c27-22(25-16-17-7-8-17)14-18-15-24(30-20-5-2-1-4-19(18)20)9-11-26(12-10-24)23(28)21-6-3-13-29-21/h1-6,13,17-18H,7-12,14-16H2,(H,25,27). The highest BCUT2D eigenvalue weighted by Gasteiger charge is 2.44. The summed E-state index contributed by atoms with van der Waals surface area (Å²) in [6.07, 6.45) is 6.81. The number of rotatable bonds is 5. The van der Waals surface area contributed by atoms with Crippen molar-refractivity contribution < 1.29 is 18.7 Å². The third-order valence-corrected chi connectivity index (χ3v) is 6.71. The Kier molecular flexibility index (Phi) is 5.01. The Morgan fingerprint density at radius 2 is 1.90 bits per heavy atom. The van der Waals surface area contributed by atoms with Crippen molar-refractivity contribution in [3.05, 3.63) is 54.0 Å². The van der Waals surface area contributed by atoms with Crippen molar-refractivity contribution in [2.45, 2.75) is 50.0 Å². The van der Waals surface area contributed by atoms with Crippen LogP contribution in [0.2, 0.25) is 0 Å². The van der Waals surface area contributed by atoms with E-state index in [1.165, 1.54) is 19.1 Å². The molecule has 3 heterocycles. The van der Waals surface area contributed by atoms with Gasteiger partial charge in [0.2, 0.25) is 5.91 Å². The zero-order valence-corrected chi connectivity index (χ0v) is 17.1. The van der Waals surface area contributed by atoms with Crippen LogP contribution in [0.3, 0.4) is 0 Å². The van der Waals surface area contributed by atoms with Crippen LogP contribution in [0.5, 0.6) is 5.75 Å². The number of hydrogen-bond donors (Lipinski definition) is 1. The molecule has 0 bridgehead atoms. The van der Waals surface area contributed by atoms with Crippen molar-refractivity contribution in [3.8, 4) is 5.75 Å². The molecule has 1 saturated heterocycles. The smallest absolute Gasteiger partial charge is 0.289 e. The molecule has 6 heteroatoms. The highest BCUT2D eigenvalue weighted by Crippen LogP contribution is 2.46. The van der Waals surface area contributed by atoms with Crippen LogP contribution in [0, 0.1) is 5.92 Å². The van der Waals surface area contributed by atoms with E-state index < -0.39 is 0 Å². The molecule has 30 heavy (non-hydrogen) atoms. The molecule has 1 saturated carbocycles. The summed E-state index contributed by atoms with van der Waals surface area (Å²) in [4.78, 5) is 27.0. The van der Waals surface area contributed by atoms with Gasteiger partial charge in [-0.1, -0.05) is 18.2 Å². The SMILES string of the molecule is O=C(CC1CC2(CCN(C(=O)c3ccco3)CC2)Oc2ccccc21)NCC1CC1. The van der Waals surface area contributed by atoms with E-state index in [-0.39, 0.29) is 23.3 Å². The number of nitrogens with one attached hydrogen (secondary N) is 1. The first-order valence-corrected chi connectivity index (χ1v) is 11.0. The van der Waals surface area contributed by atoms with E-state index in [1.54, 1.807) is 12.1 Å². The lowest BCUT2D eigenvalue weighted by Crippen LogP contribution is -2.52. The van der Waals surface area contributed by atoms with Crippen LogP contribution in [0.25, 0.3) is 0 Å². The number of carbonyl (C=O) groups is 2. The second-order valence-corrected chi connectivity index (χ2v) is 8.95. The Labute approximate surface area is 176 Å². The zero-order chi connectivity index (χ0) is 20.6. The molecule has 2 aromatic rings. The average molecular weight is 408 g/mol. The van der Waals surface area contributed by atoms with Gasteiger partial charge in [0.05, 0.1) is 6.26 Å². The van der Waals surface area contributed by atoms with Crippen molar-refractivity contribution >= 4 is 11.8 Å². The number of hydrogen-bond acceptors (Lipinski definition) is 4. The van der Waals surface area contributed by atoms with Crippen LogP contribution in [-0.4, -0.2) is 41.9 Å². The van der Waals surface area contributed by atoms with Gasteiger partial charge >= 0.3 is 0 Å². The van der Waals surface area contributed by atoms with Gasteiger partial charge in [0.15, 0.2) is 5.76 Å². The maximum Gasteiger partial charge on any atom is 0.289 e. The maximum atomic E-state index is 12.6. The van der Waals surface area contributed by atoms with Gasteiger partial charge in [-0.25, -0.2) is 0 Å². The third-order valence-electron chi connectivity index (χ3n) is 6.71. The minimum absolute atomic E-state index is 0.0675. The number of amides is 2. The molecule has 1 aliphatic carbocycles. The molecule has 0 radical (unpaired) electrons. The molecule has 158 valence electrons. The van der Waals surface area contributed by atoms with Crippen LogP contribution < -0.4 is 10.1 Å². The van der Waals surface area contributed by atoms with Crippen molar-refractivity contribution in [2.24, 2.45) is 5.92 Å². The first-order valence-electron chi connectivity index (χ1n) is 11.0. The number of para-hydroxylation sites is 1. The summed E-state index contributed by atoms with van der Waals surface area (Å²) >= 11 is 0. The number of ether oxygens (including phenoxy) is 1. The zero-order valence-electron chi connectivity index (χ0n) is 17.1. The molecule has 6 nitrogen and oxygen atoms in total. The van der Waals surface area contributed by atoms with Crippen molar-refractivity contribution in [2.75, 3.05) is 19.6 Å². The lowest BCUT2D eigenvalue weighted by molar-refractivity contribution is -0.122. The van der Waals surface area contributed by atoms with E-state index in [4.69, 9.17) is 9.15 Å². The van der Waals surface area contributed by atoms with Gasteiger partial charge < -0.3 is 19.4 Å². The Hall–Kier alpha value is -2.76. The largest absolute Gasteiger partial charge is 0.487 e. The van der Waals surface area contributed by atoms with Gasteiger partial charge in [-0.05, 0) is 48.9 Å². The second kappa shape index (κ2) is 7.82. The lowest BCUT2D eigenvalue weighted by Gasteiger charge is -2.46. The fourth-order valence-electron chi connectivity index (χ4n) is 4.78. The summed E-state index contributed by atoms with van der Waals surface area (Å²) in [5, 5.41) is 3.11. The first-order chi connectivity index (χ1) is 14.6. The quantitative estimate of drug-likeness (QED) is 0.818. The number of furan rings is 1. The Bertz CT molecular complexity index is 911. The van der Waals surface area contributed by atoms with E-state index in [0.29, 0.717) is 31.2 Å². The predicted octanol–water partition coefficient (Wildman–Crippen LogP) is 3.74. The van der Waals surface area contributed by atoms with Gasteiger partial charge in [-0.2, -0.15) is 0 Å². The van der Waals surface area contributed by atoms with E-state index in [2.05, 4.69) is 11.4 Å². The minimum atomic E-state index is -0.324. The number of nitrogens with zero attached hydrogens (tertiary/aromatic N) is 1. The summed E-state index contributed by atoms with van der Waals surface area (Å²) in [6.45, 7) is 2.06. The van der Waals surface area contributed by atoms with Gasteiger partial charge in [0.25, 0.3) is 5.91 Å². The molecule has 2 amide bonds. The highest BCUT2D eigenvalue weighted by molar-refractivity contribution is 5.91. The molecule has 1 aromatic heterocycles. The number of fused-ring (bicyclic) bond motifs is 1. The van der Waals surface area contributed by atoms with Gasteiger partial charge in [0.1, 0.15) is 11.4 Å². The minimum Gasteiger partial charge on any atom is -0.487 e. The molecule has 2 aliphatic heterocycles. The molecule has 1 N–H and O–H groups in total. The average Bonchev–Trinajstić information content (AvgIpc) is 3.43. The molecule has 1 spiro atoms. The Morgan fingerprint density at radius 1 is 1.10 bits per heavy atom. The van der Waals surface area contributed by atoms with E-state index >= 15 is 0 Å². The van der Waals surface area contributed by atoms with E-state index in [9.17, 15) is 9.59 Å². The summed E-state index contributed by atoms with van der Waals surface area (Å²) in [5.41, 5.74) is 0.800.